The molecule has 0 heterocycles. The molecule has 0 fully saturated rings. The van der Waals surface area contributed by atoms with E-state index in [0.29, 0.717) is 5.75 Å². The maximum absolute atomic E-state index is 13.3. The number of methoxy groups -OCH3 is 1. The summed E-state index contributed by atoms with van der Waals surface area (Å²) >= 11 is 0. The van der Waals surface area contributed by atoms with E-state index in [2.05, 4.69) is 5.32 Å². The van der Waals surface area contributed by atoms with Gasteiger partial charge in [0.1, 0.15) is 11.6 Å². The van der Waals surface area contributed by atoms with Crippen molar-refractivity contribution in [3.8, 4) is 5.75 Å². The SMILES string of the molecule is COc1cccc([C@@H](CO)NCc2ccc(F)c(C(F)(F)F)c2)c1. The Bertz CT molecular complexity index is 689. The molecule has 0 amide bonds. The van der Waals surface area contributed by atoms with Crippen LogP contribution >= 0.6 is 0 Å². The van der Waals surface area contributed by atoms with Gasteiger partial charge in [-0.25, -0.2) is 4.39 Å². The van der Waals surface area contributed by atoms with E-state index in [1.807, 2.05) is 0 Å². The Balaban J connectivity index is 2.13. The molecule has 24 heavy (non-hydrogen) atoms. The van der Waals surface area contributed by atoms with Gasteiger partial charge in [-0.15, -0.1) is 0 Å². The van der Waals surface area contributed by atoms with Gasteiger partial charge in [0.15, 0.2) is 0 Å². The number of halogens is 4. The molecule has 0 aliphatic carbocycles. The molecule has 3 nitrogen and oxygen atoms in total. The molecule has 0 unspecified atom stereocenters. The lowest BCUT2D eigenvalue weighted by Crippen LogP contribution is -2.24. The predicted molar refractivity (Wildman–Crippen MR) is 81.1 cm³/mol. The molecule has 0 bridgehead atoms. The van der Waals surface area contributed by atoms with Crippen molar-refractivity contribution in [1.29, 1.82) is 0 Å². The summed E-state index contributed by atoms with van der Waals surface area (Å²) in [6.07, 6.45) is -4.75. The minimum atomic E-state index is -4.75. The van der Waals surface area contributed by atoms with Gasteiger partial charge in [0.05, 0.1) is 25.3 Å². The second-order valence-corrected chi connectivity index (χ2v) is 5.20. The van der Waals surface area contributed by atoms with E-state index in [1.54, 1.807) is 24.3 Å². The normalized spacial score (nSPS) is 12.9. The Labute approximate surface area is 136 Å². The summed E-state index contributed by atoms with van der Waals surface area (Å²) in [7, 11) is 1.51. The number of hydrogen-bond donors (Lipinski definition) is 2. The smallest absolute Gasteiger partial charge is 0.419 e. The van der Waals surface area contributed by atoms with E-state index in [9.17, 15) is 22.7 Å². The van der Waals surface area contributed by atoms with Crippen LogP contribution in [0.3, 0.4) is 0 Å². The Morgan fingerprint density at radius 1 is 1.17 bits per heavy atom. The lowest BCUT2D eigenvalue weighted by molar-refractivity contribution is -0.140. The first-order chi connectivity index (χ1) is 11.3. The number of aliphatic hydroxyl groups is 1. The molecule has 2 aromatic rings. The molecule has 1 atom stereocenters. The van der Waals surface area contributed by atoms with Crippen LogP contribution in [0.25, 0.3) is 0 Å². The van der Waals surface area contributed by atoms with Crippen LogP contribution in [0, 0.1) is 5.82 Å². The van der Waals surface area contributed by atoms with Crippen molar-refractivity contribution in [2.75, 3.05) is 13.7 Å². The Hall–Kier alpha value is -2.12. The fourth-order valence-corrected chi connectivity index (χ4v) is 2.29. The number of rotatable bonds is 6. The summed E-state index contributed by atoms with van der Waals surface area (Å²) < 4.78 is 56.6. The lowest BCUT2D eigenvalue weighted by Gasteiger charge is -2.18. The third kappa shape index (κ3) is 4.46. The van der Waals surface area contributed by atoms with Crippen LogP contribution in [0.15, 0.2) is 42.5 Å². The van der Waals surface area contributed by atoms with Crippen LogP contribution in [0.4, 0.5) is 17.6 Å². The van der Waals surface area contributed by atoms with Crippen LogP contribution in [0.2, 0.25) is 0 Å². The number of aliphatic hydroxyl groups excluding tert-OH is 1. The van der Waals surface area contributed by atoms with E-state index in [1.165, 1.54) is 13.2 Å². The van der Waals surface area contributed by atoms with E-state index in [0.717, 1.165) is 17.7 Å². The largest absolute Gasteiger partial charge is 0.497 e. The minimum Gasteiger partial charge on any atom is -0.497 e. The molecular weight excluding hydrogens is 326 g/mol. The van der Waals surface area contributed by atoms with Crippen LogP contribution in [0.1, 0.15) is 22.7 Å². The summed E-state index contributed by atoms with van der Waals surface area (Å²) in [6.45, 7) is -0.202. The first-order valence-corrected chi connectivity index (χ1v) is 7.19. The van der Waals surface area contributed by atoms with E-state index in [-0.39, 0.29) is 18.7 Å². The second kappa shape index (κ2) is 7.63. The standard InChI is InChI=1S/C17H17F4NO2/c1-24-13-4-2-3-12(8-13)16(10-23)22-9-11-5-6-15(18)14(7-11)17(19,20)21/h2-8,16,22-23H,9-10H2,1H3/t16-/m1/s1. The molecule has 130 valence electrons. The Morgan fingerprint density at radius 3 is 2.54 bits per heavy atom. The molecule has 0 aliphatic heterocycles. The minimum absolute atomic E-state index is 0.0474. The zero-order valence-corrected chi connectivity index (χ0v) is 12.9. The molecule has 0 spiro atoms. The molecule has 2 aromatic carbocycles. The zero-order chi connectivity index (χ0) is 17.7. The van der Waals surface area contributed by atoms with Gasteiger partial charge in [-0.3, -0.25) is 0 Å². The van der Waals surface area contributed by atoms with Crippen molar-refractivity contribution < 1.29 is 27.4 Å². The van der Waals surface area contributed by atoms with Crippen molar-refractivity contribution in [2.45, 2.75) is 18.8 Å². The molecule has 2 N–H and O–H groups in total. The Morgan fingerprint density at radius 2 is 1.92 bits per heavy atom. The molecule has 7 heteroatoms. The average Bonchev–Trinajstić information content (AvgIpc) is 2.56. The maximum atomic E-state index is 13.3. The van der Waals surface area contributed by atoms with E-state index in [4.69, 9.17) is 4.74 Å². The van der Waals surface area contributed by atoms with Gasteiger partial charge in [-0.05, 0) is 35.4 Å². The third-order valence-corrected chi connectivity index (χ3v) is 3.57. The van der Waals surface area contributed by atoms with Crippen LogP contribution in [0.5, 0.6) is 5.75 Å². The molecule has 0 aliphatic rings. The molecular formula is C17H17F4NO2. The molecule has 0 radical (unpaired) electrons. The molecule has 0 saturated heterocycles. The number of hydrogen-bond acceptors (Lipinski definition) is 3. The fraction of sp³-hybridized carbons (Fsp3) is 0.294. The monoisotopic (exact) mass is 343 g/mol. The van der Waals surface area contributed by atoms with Crippen molar-refractivity contribution in [1.82, 2.24) is 5.32 Å². The lowest BCUT2D eigenvalue weighted by atomic mass is 10.1. The predicted octanol–water partition coefficient (Wildman–Crippen LogP) is 3.68. The van der Waals surface area contributed by atoms with Gasteiger partial charge in [-0.1, -0.05) is 18.2 Å². The molecule has 2 rings (SSSR count). The molecule has 0 saturated carbocycles. The van der Waals surface area contributed by atoms with Crippen molar-refractivity contribution in [2.24, 2.45) is 0 Å². The quantitative estimate of drug-likeness (QED) is 0.787. The van der Waals surface area contributed by atoms with Gasteiger partial charge in [0.25, 0.3) is 0 Å². The first kappa shape index (κ1) is 18.2. The van der Waals surface area contributed by atoms with Gasteiger partial charge in [-0.2, -0.15) is 13.2 Å². The second-order valence-electron chi connectivity index (χ2n) is 5.20. The van der Waals surface area contributed by atoms with Crippen molar-refractivity contribution >= 4 is 0 Å². The highest BCUT2D eigenvalue weighted by Gasteiger charge is 2.34. The summed E-state index contributed by atoms with van der Waals surface area (Å²) in [4.78, 5) is 0. The zero-order valence-electron chi connectivity index (χ0n) is 12.9. The highest BCUT2D eigenvalue weighted by atomic mass is 19.4. The number of alkyl halides is 3. The number of benzene rings is 2. The summed E-state index contributed by atoms with van der Waals surface area (Å²) in [5, 5.41) is 12.5. The van der Waals surface area contributed by atoms with Gasteiger partial charge >= 0.3 is 6.18 Å². The van der Waals surface area contributed by atoms with Crippen LogP contribution in [-0.2, 0) is 12.7 Å². The van der Waals surface area contributed by atoms with Gasteiger partial charge < -0.3 is 15.2 Å². The highest BCUT2D eigenvalue weighted by Crippen LogP contribution is 2.32. The number of nitrogens with one attached hydrogen (secondary N) is 1. The van der Waals surface area contributed by atoms with E-state index < -0.39 is 23.6 Å². The van der Waals surface area contributed by atoms with Gasteiger partial charge in [0, 0.05) is 6.54 Å². The summed E-state index contributed by atoms with van der Waals surface area (Å²) in [5.41, 5.74) is -0.302. The highest BCUT2D eigenvalue weighted by molar-refractivity contribution is 5.31. The average molecular weight is 343 g/mol. The van der Waals surface area contributed by atoms with Crippen LogP contribution < -0.4 is 10.1 Å². The summed E-state index contributed by atoms with van der Waals surface area (Å²) in [6, 6.07) is 9.33. The van der Waals surface area contributed by atoms with Gasteiger partial charge in [0.2, 0.25) is 0 Å². The first-order valence-electron chi connectivity index (χ1n) is 7.19. The third-order valence-electron chi connectivity index (χ3n) is 3.57. The fourth-order valence-electron chi connectivity index (χ4n) is 2.29. The van der Waals surface area contributed by atoms with Crippen molar-refractivity contribution in [3.63, 3.8) is 0 Å². The van der Waals surface area contributed by atoms with Crippen LogP contribution in [-0.4, -0.2) is 18.8 Å². The molecule has 0 aromatic heterocycles. The maximum Gasteiger partial charge on any atom is 0.419 e. The topological polar surface area (TPSA) is 41.5 Å². The summed E-state index contributed by atoms with van der Waals surface area (Å²) in [5.74, 6) is -0.702. The Kier molecular flexibility index (Phi) is 5.80. The van der Waals surface area contributed by atoms with E-state index >= 15 is 0 Å². The van der Waals surface area contributed by atoms with Crippen molar-refractivity contribution in [3.05, 3.63) is 65.0 Å². The number of ether oxygens (including phenoxy) is 1.